The third-order valence-electron chi connectivity index (χ3n) is 4.40. The molecule has 10 heteroatoms. The molecule has 0 aromatic rings. The third-order valence-corrected chi connectivity index (χ3v) is 16.2. The maximum atomic E-state index is 11.8. The molecule has 0 aliphatic rings. The Balaban J connectivity index is 4.88. The second-order valence-electron chi connectivity index (χ2n) is 8.76. The first kappa shape index (κ1) is 28.8. The standard InChI is InChI=1S/C20H40O7Si3/c1-10-15-19(25-20(22)24-12-3)29(6,7)27-30(8,9)26-28(4,5)17-14-13-16-18(21)23-11-2/h11-12,19H,2-3,10,13-17H2,1,4-9H3. The van der Waals surface area contributed by atoms with Gasteiger partial charge < -0.3 is 22.4 Å². The number of esters is 1. The molecule has 0 aliphatic heterocycles. The van der Waals surface area contributed by atoms with Gasteiger partial charge >= 0.3 is 20.7 Å². The summed E-state index contributed by atoms with van der Waals surface area (Å²) < 4.78 is 28.1. The highest BCUT2D eigenvalue weighted by Gasteiger charge is 2.44. The van der Waals surface area contributed by atoms with Gasteiger partial charge in [0.2, 0.25) is 8.32 Å². The lowest BCUT2D eigenvalue weighted by Gasteiger charge is -2.41. The molecule has 0 aromatic heterocycles. The van der Waals surface area contributed by atoms with Gasteiger partial charge in [0.15, 0.2) is 8.32 Å². The smallest absolute Gasteiger partial charge is 0.437 e. The minimum Gasteiger partial charge on any atom is -0.437 e. The fourth-order valence-corrected chi connectivity index (χ4v) is 17.8. The summed E-state index contributed by atoms with van der Waals surface area (Å²) in [6, 6.07) is 0.927. The average Bonchev–Trinajstić information content (AvgIpc) is 2.57. The Hall–Kier alpha value is -1.21. The van der Waals surface area contributed by atoms with Gasteiger partial charge in [-0.05, 0) is 58.2 Å². The summed E-state index contributed by atoms with van der Waals surface area (Å²) in [5.41, 5.74) is -0.328. The predicted molar refractivity (Wildman–Crippen MR) is 126 cm³/mol. The van der Waals surface area contributed by atoms with Crippen molar-refractivity contribution in [3.05, 3.63) is 25.7 Å². The zero-order chi connectivity index (χ0) is 23.4. The lowest BCUT2D eigenvalue weighted by atomic mass is 10.2. The zero-order valence-electron chi connectivity index (χ0n) is 19.7. The molecule has 0 bridgehead atoms. The van der Waals surface area contributed by atoms with Crippen LogP contribution in [0, 0.1) is 0 Å². The van der Waals surface area contributed by atoms with Crippen LogP contribution in [0.4, 0.5) is 4.79 Å². The first-order valence-electron chi connectivity index (χ1n) is 10.5. The van der Waals surface area contributed by atoms with Crippen LogP contribution in [0.25, 0.3) is 0 Å². The number of carbonyl (C=O) groups excluding carboxylic acids is 2. The molecule has 7 nitrogen and oxygen atoms in total. The van der Waals surface area contributed by atoms with Crippen molar-refractivity contribution in [2.75, 3.05) is 0 Å². The molecule has 0 spiro atoms. The zero-order valence-corrected chi connectivity index (χ0v) is 22.7. The van der Waals surface area contributed by atoms with E-state index < -0.39 is 31.4 Å². The molecule has 0 saturated carbocycles. The first-order chi connectivity index (χ1) is 13.8. The molecule has 0 amide bonds. The Kier molecular flexibility index (Phi) is 12.7. The van der Waals surface area contributed by atoms with Crippen LogP contribution in [0.5, 0.6) is 0 Å². The fourth-order valence-electron chi connectivity index (χ4n) is 3.43. The topological polar surface area (TPSA) is 80.3 Å². The van der Waals surface area contributed by atoms with Gasteiger partial charge in [-0.1, -0.05) is 32.9 Å². The van der Waals surface area contributed by atoms with Crippen molar-refractivity contribution in [2.24, 2.45) is 0 Å². The highest BCUT2D eigenvalue weighted by Crippen LogP contribution is 2.28. The van der Waals surface area contributed by atoms with Crippen LogP contribution < -0.4 is 0 Å². The van der Waals surface area contributed by atoms with E-state index in [4.69, 9.17) is 22.4 Å². The monoisotopic (exact) mass is 476 g/mol. The van der Waals surface area contributed by atoms with Gasteiger partial charge in [-0.3, -0.25) is 4.79 Å². The third kappa shape index (κ3) is 12.5. The van der Waals surface area contributed by atoms with Crippen molar-refractivity contribution in [1.82, 2.24) is 0 Å². The van der Waals surface area contributed by atoms with Crippen molar-refractivity contribution in [2.45, 2.75) is 90.1 Å². The normalized spacial score (nSPS) is 13.3. The Morgan fingerprint density at radius 2 is 1.53 bits per heavy atom. The summed E-state index contributed by atoms with van der Waals surface area (Å²) in [4.78, 5) is 23.2. The maximum Gasteiger partial charge on any atom is 0.513 e. The molecule has 1 atom stereocenters. The van der Waals surface area contributed by atoms with E-state index in [9.17, 15) is 9.59 Å². The summed E-state index contributed by atoms with van der Waals surface area (Å²) in [5, 5.41) is 0. The Bertz CT molecular complexity index is 577. The highest BCUT2D eigenvalue weighted by molar-refractivity contribution is 6.88. The Morgan fingerprint density at radius 1 is 0.933 bits per heavy atom. The molecular formula is C20H40O7Si3. The molecule has 0 radical (unpaired) electrons. The lowest BCUT2D eigenvalue weighted by Crippen LogP contribution is -2.57. The minimum absolute atomic E-state index is 0.256. The van der Waals surface area contributed by atoms with Crippen molar-refractivity contribution < 1.29 is 32.0 Å². The molecule has 0 heterocycles. The van der Waals surface area contributed by atoms with E-state index in [1.807, 2.05) is 33.1 Å². The number of rotatable bonds is 15. The molecular weight excluding hydrogens is 436 g/mol. The van der Waals surface area contributed by atoms with Crippen LogP contribution >= 0.6 is 0 Å². The molecule has 0 N–H and O–H groups in total. The van der Waals surface area contributed by atoms with Crippen molar-refractivity contribution in [1.29, 1.82) is 0 Å². The van der Waals surface area contributed by atoms with Crippen molar-refractivity contribution >= 4 is 37.3 Å². The van der Waals surface area contributed by atoms with E-state index in [2.05, 4.69) is 26.3 Å². The fraction of sp³-hybridized carbons (Fsp3) is 0.700. The van der Waals surface area contributed by atoms with Gasteiger partial charge in [0.05, 0.1) is 12.5 Å². The van der Waals surface area contributed by atoms with Crippen LogP contribution in [0.15, 0.2) is 25.7 Å². The van der Waals surface area contributed by atoms with E-state index >= 15 is 0 Å². The second kappa shape index (κ2) is 13.3. The van der Waals surface area contributed by atoms with Gasteiger partial charge in [0.25, 0.3) is 0 Å². The van der Waals surface area contributed by atoms with Crippen LogP contribution in [0.2, 0.25) is 45.3 Å². The van der Waals surface area contributed by atoms with E-state index in [0.29, 0.717) is 12.8 Å². The molecule has 0 aliphatic carbocycles. The summed E-state index contributed by atoms with van der Waals surface area (Å²) in [6.07, 6.45) is 5.07. The highest BCUT2D eigenvalue weighted by atomic mass is 28.5. The molecule has 0 saturated heterocycles. The second-order valence-corrected chi connectivity index (χ2v) is 21.1. The van der Waals surface area contributed by atoms with Gasteiger partial charge in [-0.15, -0.1) is 0 Å². The van der Waals surface area contributed by atoms with Gasteiger partial charge in [0, 0.05) is 6.42 Å². The first-order valence-corrected chi connectivity index (χ1v) is 19.4. The summed E-state index contributed by atoms with van der Waals surface area (Å²) in [6.45, 7) is 21.3. The maximum absolute atomic E-state index is 11.8. The van der Waals surface area contributed by atoms with Gasteiger partial charge in [-0.25, -0.2) is 4.79 Å². The van der Waals surface area contributed by atoms with Crippen LogP contribution in [-0.4, -0.2) is 43.0 Å². The molecule has 174 valence electrons. The average molecular weight is 477 g/mol. The van der Waals surface area contributed by atoms with E-state index in [-0.39, 0.29) is 11.7 Å². The summed E-state index contributed by atoms with van der Waals surface area (Å²) in [5.74, 6) is -0.256. The summed E-state index contributed by atoms with van der Waals surface area (Å²) >= 11 is 0. The molecule has 0 aromatic carbocycles. The SMILES string of the molecule is C=COC(=O)CCCC[Si](C)(C)O[Si](C)(C)O[Si](C)(C)C(CCC)OC(=O)OC=C. The summed E-state index contributed by atoms with van der Waals surface area (Å²) in [7, 11) is -6.86. The Morgan fingerprint density at radius 3 is 2.07 bits per heavy atom. The molecule has 0 rings (SSSR count). The number of hydrogen-bond donors (Lipinski definition) is 0. The Labute approximate surface area is 185 Å². The largest absolute Gasteiger partial charge is 0.513 e. The van der Waals surface area contributed by atoms with Crippen molar-refractivity contribution in [3.8, 4) is 0 Å². The number of ether oxygens (including phenoxy) is 3. The number of hydrogen-bond acceptors (Lipinski definition) is 7. The predicted octanol–water partition coefficient (Wildman–Crippen LogP) is 5.99. The molecule has 1 unspecified atom stereocenters. The minimum atomic E-state index is -2.46. The van der Waals surface area contributed by atoms with Crippen LogP contribution in [-0.2, 0) is 27.2 Å². The molecule has 30 heavy (non-hydrogen) atoms. The number of carbonyl (C=O) groups is 2. The quantitative estimate of drug-likeness (QED) is 0.124. The van der Waals surface area contributed by atoms with E-state index in [1.165, 1.54) is 0 Å². The van der Waals surface area contributed by atoms with Crippen LogP contribution in [0.1, 0.15) is 39.0 Å². The number of unbranched alkanes of at least 4 members (excludes halogenated alkanes) is 1. The van der Waals surface area contributed by atoms with Gasteiger partial charge in [0.1, 0.15) is 5.73 Å². The van der Waals surface area contributed by atoms with E-state index in [1.54, 1.807) is 0 Å². The van der Waals surface area contributed by atoms with Crippen molar-refractivity contribution in [3.63, 3.8) is 0 Å². The van der Waals surface area contributed by atoms with E-state index in [0.717, 1.165) is 37.8 Å². The molecule has 0 fully saturated rings. The van der Waals surface area contributed by atoms with Gasteiger partial charge in [-0.2, -0.15) is 0 Å². The lowest BCUT2D eigenvalue weighted by molar-refractivity contribution is -0.138. The van der Waals surface area contributed by atoms with Crippen LogP contribution in [0.3, 0.4) is 0 Å².